The molecule has 0 heterocycles. The zero-order chi connectivity index (χ0) is 16.2. The zero-order valence-corrected chi connectivity index (χ0v) is 16.2. The zero-order valence-electron chi connectivity index (χ0n) is 16.2. The van der Waals surface area contributed by atoms with Crippen LogP contribution in [0.3, 0.4) is 0 Å². The van der Waals surface area contributed by atoms with E-state index >= 15 is 0 Å². The highest BCUT2D eigenvalue weighted by atomic mass is 14.4. The van der Waals surface area contributed by atoms with Gasteiger partial charge in [0.25, 0.3) is 0 Å². The molecule has 3 fully saturated rings. The van der Waals surface area contributed by atoms with Gasteiger partial charge in [-0.15, -0.1) is 0 Å². The maximum atomic E-state index is 2.59. The van der Waals surface area contributed by atoms with Crippen molar-refractivity contribution in [1.82, 2.24) is 0 Å². The van der Waals surface area contributed by atoms with Gasteiger partial charge in [0.05, 0.1) is 0 Å². The van der Waals surface area contributed by atoms with Gasteiger partial charge >= 0.3 is 0 Å². The first-order chi connectivity index (χ1) is 11.1. The minimum atomic E-state index is 1.00. The lowest BCUT2D eigenvalue weighted by molar-refractivity contribution is 0.112. The van der Waals surface area contributed by atoms with Gasteiger partial charge in [-0.1, -0.05) is 72.1 Å². The van der Waals surface area contributed by atoms with Crippen molar-refractivity contribution < 1.29 is 0 Å². The van der Waals surface area contributed by atoms with Gasteiger partial charge in [0.2, 0.25) is 0 Å². The molecule has 0 nitrogen and oxygen atoms in total. The van der Waals surface area contributed by atoms with Crippen LogP contribution in [-0.4, -0.2) is 0 Å². The van der Waals surface area contributed by atoms with Crippen molar-refractivity contribution in [2.24, 2.45) is 41.4 Å². The molecule has 3 aliphatic rings. The molecule has 0 N–H and O–H groups in total. The first-order valence-electron chi connectivity index (χ1n) is 11.1. The molecule has 3 saturated carbocycles. The Morgan fingerprint density at radius 2 is 1.30 bits per heavy atom. The lowest BCUT2D eigenvalue weighted by atomic mass is 9.66. The van der Waals surface area contributed by atoms with E-state index in [-0.39, 0.29) is 0 Å². The summed E-state index contributed by atoms with van der Waals surface area (Å²) in [6.07, 6.45) is 19.9. The maximum Gasteiger partial charge on any atom is -0.0386 e. The van der Waals surface area contributed by atoms with Crippen LogP contribution in [0.1, 0.15) is 104 Å². The van der Waals surface area contributed by atoms with Gasteiger partial charge in [-0.3, -0.25) is 0 Å². The van der Waals surface area contributed by atoms with Crippen LogP contribution in [0.15, 0.2) is 0 Å². The van der Waals surface area contributed by atoms with Crippen LogP contribution in [0.25, 0.3) is 0 Å². The normalized spacial score (nSPS) is 45.8. The fraction of sp³-hybridized carbons (Fsp3) is 1.00. The molecule has 134 valence electrons. The van der Waals surface area contributed by atoms with E-state index in [9.17, 15) is 0 Å². The Bertz CT molecular complexity index is 346. The molecule has 7 unspecified atom stereocenters. The highest BCUT2D eigenvalue weighted by Crippen LogP contribution is 2.44. The molecule has 0 radical (unpaired) electrons. The second kappa shape index (κ2) is 8.39. The quantitative estimate of drug-likeness (QED) is 0.504. The Labute approximate surface area is 146 Å². The van der Waals surface area contributed by atoms with Gasteiger partial charge in [0.1, 0.15) is 0 Å². The lowest BCUT2D eigenvalue weighted by Gasteiger charge is -2.40. The van der Waals surface area contributed by atoms with E-state index in [4.69, 9.17) is 0 Å². The number of rotatable bonds is 4. The van der Waals surface area contributed by atoms with Crippen molar-refractivity contribution >= 4 is 0 Å². The highest BCUT2D eigenvalue weighted by molar-refractivity contribution is 4.84. The molecule has 0 aliphatic heterocycles. The summed E-state index contributed by atoms with van der Waals surface area (Å²) in [4.78, 5) is 0. The van der Waals surface area contributed by atoms with Crippen LogP contribution < -0.4 is 0 Å². The van der Waals surface area contributed by atoms with Gasteiger partial charge in [-0.2, -0.15) is 0 Å². The topological polar surface area (TPSA) is 0 Å². The minimum absolute atomic E-state index is 1.00. The molecular formula is C23H42. The van der Waals surface area contributed by atoms with Crippen molar-refractivity contribution in [2.45, 2.75) is 104 Å². The number of hydrogen-bond acceptors (Lipinski definition) is 0. The van der Waals surface area contributed by atoms with Gasteiger partial charge in [-0.05, 0) is 73.5 Å². The van der Waals surface area contributed by atoms with Crippen molar-refractivity contribution in [3.05, 3.63) is 0 Å². The van der Waals surface area contributed by atoms with Crippen LogP contribution in [0, 0.1) is 41.4 Å². The molecular weight excluding hydrogens is 276 g/mol. The molecule has 3 aliphatic carbocycles. The highest BCUT2D eigenvalue weighted by Gasteiger charge is 2.33. The van der Waals surface area contributed by atoms with Crippen molar-refractivity contribution in [3.8, 4) is 0 Å². The smallest absolute Gasteiger partial charge is 0.0386 e. The van der Waals surface area contributed by atoms with E-state index in [1.54, 1.807) is 32.1 Å². The van der Waals surface area contributed by atoms with Gasteiger partial charge in [0.15, 0.2) is 0 Å². The Morgan fingerprint density at radius 3 is 2.04 bits per heavy atom. The van der Waals surface area contributed by atoms with Crippen molar-refractivity contribution in [2.75, 3.05) is 0 Å². The fourth-order valence-corrected chi connectivity index (χ4v) is 6.51. The van der Waals surface area contributed by atoms with Crippen molar-refractivity contribution in [3.63, 3.8) is 0 Å². The summed E-state index contributed by atoms with van der Waals surface area (Å²) in [5.41, 5.74) is 0. The summed E-state index contributed by atoms with van der Waals surface area (Å²) < 4.78 is 0. The van der Waals surface area contributed by atoms with Crippen LogP contribution in [0.5, 0.6) is 0 Å². The van der Waals surface area contributed by atoms with E-state index in [0.717, 1.165) is 41.4 Å². The van der Waals surface area contributed by atoms with Gasteiger partial charge in [-0.25, -0.2) is 0 Å². The molecule has 0 heteroatoms. The molecule has 0 bridgehead atoms. The van der Waals surface area contributed by atoms with Gasteiger partial charge in [0, 0.05) is 0 Å². The second-order valence-corrected chi connectivity index (χ2v) is 10.0. The molecule has 23 heavy (non-hydrogen) atoms. The average molecular weight is 319 g/mol. The predicted octanol–water partition coefficient (Wildman–Crippen LogP) is 7.47. The SMILES string of the molecule is CC1CCCC(CC2CCC(CC3CCCCC3C)C(C)C2)C1. The lowest BCUT2D eigenvalue weighted by Crippen LogP contribution is -2.29. The second-order valence-electron chi connectivity index (χ2n) is 10.0. The first-order valence-corrected chi connectivity index (χ1v) is 11.1. The summed E-state index contributed by atoms with van der Waals surface area (Å²) in [5.74, 6) is 7.29. The van der Waals surface area contributed by atoms with Crippen LogP contribution in [0.2, 0.25) is 0 Å². The maximum absolute atomic E-state index is 2.59. The Morgan fingerprint density at radius 1 is 0.565 bits per heavy atom. The molecule has 0 amide bonds. The van der Waals surface area contributed by atoms with Crippen molar-refractivity contribution in [1.29, 1.82) is 0 Å². The summed E-state index contributed by atoms with van der Waals surface area (Å²) in [5, 5.41) is 0. The van der Waals surface area contributed by atoms with E-state index in [1.807, 2.05) is 0 Å². The molecule has 0 aromatic rings. The Kier molecular flexibility index (Phi) is 6.50. The summed E-state index contributed by atoms with van der Waals surface area (Å²) >= 11 is 0. The molecule has 0 saturated heterocycles. The third-order valence-electron chi connectivity index (χ3n) is 8.06. The first kappa shape index (κ1) is 17.8. The summed E-state index contributed by atoms with van der Waals surface area (Å²) in [7, 11) is 0. The van der Waals surface area contributed by atoms with E-state index in [0.29, 0.717) is 0 Å². The summed E-state index contributed by atoms with van der Waals surface area (Å²) in [6.45, 7) is 7.61. The van der Waals surface area contributed by atoms with Crippen LogP contribution in [-0.2, 0) is 0 Å². The monoisotopic (exact) mass is 318 g/mol. The molecule has 3 rings (SSSR count). The minimum Gasteiger partial charge on any atom is -0.0625 e. The standard InChI is InChI=1S/C23H42/c1-17-7-6-9-20(13-17)15-21-11-12-23(19(3)14-21)16-22-10-5-4-8-18(22)2/h17-23H,4-16H2,1-3H3. The fourth-order valence-electron chi connectivity index (χ4n) is 6.51. The van der Waals surface area contributed by atoms with Gasteiger partial charge < -0.3 is 0 Å². The number of hydrogen-bond donors (Lipinski definition) is 0. The Hall–Kier alpha value is 0. The van der Waals surface area contributed by atoms with Crippen LogP contribution in [0.4, 0.5) is 0 Å². The summed E-state index contributed by atoms with van der Waals surface area (Å²) in [6, 6.07) is 0. The third-order valence-corrected chi connectivity index (χ3v) is 8.06. The molecule has 7 atom stereocenters. The third kappa shape index (κ3) is 4.99. The predicted molar refractivity (Wildman–Crippen MR) is 101 cm³/mol. The molecule has 0 aromatic carbocycles. The average Bonchev–Trinajstić information content (AvgIpc) is 2.52. The van der Waals surface area contributed by atoms with E-state index in [1.165, 1.54) is 51.4 Å². The van der Waals surface area contributed by atoms with E-state index in [2.05, 4.69) is 20.8 Å². The largest absolute Gasteiger partial charge is 0.0625 e. The van der Waals surface area contributed by atoms with Crippen LogP contribution >= 0.6 is 0 Å². The molecule has 0 aromatic heterocycles. The van der Waals surface area contributed by atoms with E-state index < -0.39 is 0 Å². The Balaban J connectivity index is 1.43. The molecule has 0 spiro atoms.